The first-order valence-corrected chi connectivity index (χ1v) is 7.69. The molecular formula is C19H21NO3. The van der Waals surface area contributed by atoms with Crippen LogP contribution in [-0.4, -0.2) is 16.8 Å². The maximum absolute atomic E-state index is 10.1. The van der Waals surface area contributed by atoms with E-state index in [1.54, 1.807) is 13.2 Å². The van der Waals surface area contributed by atoms with E-state index in [0.29, 0.717) is 23.9 Å². The standard InChI is InChI=1S/C19H21NO3/c1-13(2)20-14(11-15-16(20)7-6-8-17(15)21)12-23-19-10-5-4-9-18(19)22-3/h4-11,13,21H,12H2,1-3H3. The van der Waals surface area contributed by atoms with Crippen molar-refractivity contribution in [1.82, 2.24) is 4.57 Å². The maximum atomic E-state index is 10.1. The van der Waals surface area contributed by atoms with Gasteiger partial charge in [-0.25, -0.2) is 0 Å². The van der Waals surface area contributed by atoms with Crippen molar-refractivity contribution in [2.75, 3.05) is 7.11 Å². The maximum Gasteiger partial charge on any atom is 0.161 e. The van der Waals surface area contributed by atoms with Crippen LogP contribution >= 0.6 is 0 Å². The molecule has 1 heterocycles. The largest absolute Gasteiger partial charge is 0.507 e. The van der Waals surface area contributed by atoms with Crippen LogP contribution in [0.3, 0.4) is 0 Å². The van der Waals surface area contributed by atoms with Crippen molar-refractivity contribution in [2.45, 2.75) is 26.5 Å². The van der Waals surface area contributed by atoms with Gasteiger partial charge in [-0.05, 0) is 44.2 Å². The molecule has 3 rings (SSSR count). The summed E-state index contributed by atoms with van der Waals surface area (Å²) in [6.45, 7) is 4.65. The summed E-state index contributed by atoms with van der Waals surface area (Å²) in [6, 6.07) is 15.4. The van der Waals surface area contributed by atoms with Gasteiger partial charge in [-0.1, -0.05) is 18.2 Å². The first-order chi connectivity index (χ1) is 11.1. The lowest BCUT2D eigenvalue weighted by Crippen LogP contribution is -2.08. The van der Waals surface area contributed by atoms with E-state index in [4.69, 9.17) is 9.47 Å². The third-order valence-corrected chi connectivity index (χ3v) is 3.90. The number of aromatic hydroxyl groups is 1. The highest BCUT2D eigenvalue weighted by Crippen LogP contribution is 2.32. The van der Waals surface area contributed by atoms with Gasteiger partial charge in [-0.3, -0.25) is 0 Å². The van der Waals surface area contributed by atoms with Crippen molar-refractivity contribution in [3.63, 3.8) is 0 Å². The second-order valence-electron chi connectivity index (χ2n) is 5.75. The lowest BCUT2D eigenvalue weighted by molar-refractivity contribution is 0.274. The highest BCUT2D eigenvalue weighted by Gasteiger charge is 2.14. The van der Waals surface area contributed by atoms with E-state index in [9.17, 15) is 5.11 Å². The van der Waals surface area contributed by atoms with Crippen LogP contribution in [0.1, 0.15) is 25.6 Å². The van der Waals surface area contributed by atoms with Crippen LogP contribution in [0.15, 0.2) is 48.5 Å². The number of aromatic nitrogens is 1. The number of phenols is 1. The summed E-state index contributed by atoms with van der Waals surface area (Å²) >= 11 is 0. The molecular weight excluding hydrogens is 290 g/mol. The molecule has 4 nitrogen and oxygen atoms in total. The molecule has 0 saturated heterocycles. The van der Waals surface area contributed by atoms with E-state index in [0.717, 1.165) is 16.6 Å². The van der Waals surface area contributed by atoms with Gasteiger partial charge in [0.1, 0.15) is 12.4 Å². The number of hydrogen-bond acceptors (Lipinski definition) is 3. The fourth-order valence-electron chi connectivity index (χ4n) is 2.90. The Bertz CT molecular complexity index is 821. The molecule has 0 amide bonds. The summed E-state index contributed by atoms with van der Waals surface area (Å²) < 4.78 is 13.4. The lowest BCUT2D eigenvalue weighted by Gasteiger charge is -2.16. The predicted molar refractivity (Wildman–Crippen MR) is 91.3 cm³/mol. The molecule has 3 aromatic rings. The molecule has 1 N–H and O–H groups in total. The fraction of sp³-hybridized carbons (Fsp3) is 0.263. The molecule has 1 aromatic heterocycles. The van der Waals surface area contributed by atoms with Crippen LogP contribution in [0.25, 0.3) is 10.9 Å². The van der Waals surface area contributed by atoms with Crippen molar-refractivity contribution in [3.05, 3.63) is 54.2 Å². The quantitative estimate of drug-likeness (QED) is 0.753. The van der Waals surface area contributed by atoms with E-state index < -0.39 is 0 Å². The number of rotatable bonds is 5. The molecule has 0 aliphatic carbocycles. The monoisotopic (exact) mass is 311 g/mol. The molecule has 0 bridgehead atoms. The van der Waals surface area contributed by atoms with Gasteiger partial charge < -0.3 is 19.1 Å². The van der Waals surface area contributed by atoms with E-state index in [1.807, 2.05) is 42.5 Å². The molecule has 2 aromatic carbocycles. The van der Waals surface area contributed by atoms with Gasteiger partial charge in [0.25, 0.3) is 0 Å². The number of methoxy groups -OCH3 is 1. The van der Waals surface area contributed by atoms with Crippen molar-refractivity contribution in [1.29, 1.82) is 0 Å². The molecule has 0 radical (unpaired) electrons. The molecule has 4 heteroatoms. The third kappa shape index (κ3) is 2.84. The Morgan fingerprint density at radius 1 is 1.04 bits per heavy atom. The Morgan fingerprint density at radius 3 is 2.48 bits per heavy atom. The average molecular weight is 311 g/mol. The smallest absolute Gasteiger partial charge is 0.161 e. The number of benzene rings is 2. The number of para-hydroxylation sites is 2. The first-order valence-electron chi connectivity index (χ1n) is 7.69. The van der Waals surface area contributed by atoms with E-state index in [-0.39, 0.29) is 6.04 Å². The summed E-state index contributed by atoms with van der Waals surface area (Å²) in [7, 11) is 1.63. The topological polar surface area (TPSA) is 43.6 Å². The molecule has 0 fully saturated rings. The second kappa shape index (κ2) is 6.24. The lowest BCUT2D eigenvalue weighted by atomic mass is 10.2. The van der Waals surface area contributed by atoms with Gasteiger partial charge in [0.05, 0.1) is 18.3 Å². The van der Waals surface area contributed by atoms with Crippen LogP contribution in [0, 0.1) is 0 Å². The molecule has 0 spiro atoms. The van der Waals surface area contributed by atoms with Crippen LogP contribution in [-0.2, 0) is 6.61 Å². The van der Waals surface area contributed by atoms with Crippen LogP contribution in [0.5, 0.6) is 17.2 Å². The molecule has 0 unspecified atom stereocenters. The number of phenolic OH excluding ortho intramolecular Hbond substituents is 1. The molecule has 120 valence electrons. The zero-order valence-corrected chi connectivity index (χ0v) is 13.6. The fourth-order valence-corrected chi connectivity index (χ4v) is 2.90. The van der Waals surface area contributed by atoms with Crippen molar-refractivity contribution in [2.24, 2.45) is 0 Å². The highest BCUT2D eigenvalue weighted by atomic mass is 16.5. The van der Waals surface area contributed by atoms with Gasteiger partial charge in [-0.15, -0.1) is 0 Å². The van der Waals surface area contributed by atoms with E-state index in [2.05, 4.69) is 18.4 Å². The van der Waals surface area contributed by atoms with Gasteiger partial charge in [-0.2, -0.15) is 0 Å². The SMILES string of the molecule is COc1ccccc1OCc1cc2c(O)cccc2n1C(C)C. The Labute approximate surface area is 135 Å². The first kappa shape index (κ1) is 15.3. The third-order valence-electron chi connectivity index (χ3n) is 3.90. The minimum absolute atomic E-state index is 0.269. The highest BCUT2D eigenvalue weighted by molar-refractivity contribution is 5.87. The summed E-state index contributed by atoms with van der Waals surface area (Å²) in [5, 5.41) is 10.9. The second-order valence-corrected chi connectivity index (χ2v) is 5.75. The predicted octanol–water partition coefficient (Wildman–Crippen LogP) is 4.52. The summed E-state index contributed by atoms with van der Waals surface area (Å²) in [6.07, 6.45) is 0. The van der Waals surface area contributed by atoms with Crippen LogP contribution in [0.4, 0.5) is 0 Å². The normalized spacial score (nSPS) is 11.1. The van der Waals surface area contributed by atoms with Crippen molar-refractivity contribution < 1.29 is 14.6 Å². The van der Waals surface area contributed by atoms with Gasteiger partial charge >= 0.3 is 0 Å². The number of ether oxygens (including phenoxy) is 2. The average Bonchev–Trinajstić information content (AvgIpc) is 2.93. The zero-order chi connectivity index (χ0) is 16.4. The number of nitrogens with zero attached hydrogens (tertiary/aromatic N) is 1. The van der Waals surface area contributed by atoms with Crippen molar-refractivity contribution >= 4 is 10.9 Å². The van der Waals surface area contributed by atoms with Gasteiger partial charge in [0, 0.05) is 11.4 Å². The van der Waals surface area contributed by atoms with Crippen LogP contribution in [0.2, 0.25) is 0 Å². The summed E-state index contributed by atoms with van der Waals surface area (Å²) in [5.74, 6) is 1.71. The van der Waals surface area contributed by atoms with Gasteiger partial charge in [0.2, 0.25) is 0 Å². The Kier molecular flexibility index (Phi) is 4.15. The minimum atomic E-state index is 0.269. The van der Waals surface area contributed by atoms with Crippen LogP contribution < -0.4 is 9.47 Å². The van der Waals surface area contributed by atoms with Gasteiger partial charge in [0.15, 0.2) is 11.5 Å². The Balaban J connectivity index is 1.96. The Hall–Kier alpha value is -2.62. The molecule has 0 aliphatic rings. The summed E-state index contributed by atoms with van der Waals surface area (Å²) in [5.41, 5.74) is 2.03. The molecule has 0 aliphatic heterocycles. The molecule has 23 heavy (non-hydrogen) atoms. The minimum Gasteiger partial charge on any atom is -0.507 e. The molecule has 0 saturated carbocycles. The molecule has 0 atom stereocenters. The number of fused-ring (bicyclic) bond motifs is 1. The Morgan fingerprint density at radius 2 is 1.78 bits per heavy atom. The summed E-state index contributed by atoms with van der Waals surface area (Å²) in [4.78, 5) is 0. The van der Waals surface area contributed by atoms with E-state index in [1.165, 1.54) is 0 Å². The van der Waals surface area contributed by atoms with E-state index >= 15 is 0 Å². The van der Waals surface area contributed by atoms with Crippen molar-refractivity contribution in [3.8, 4) is 17.2 Å². The number of hydrogen-bond donors (Lipinski definition) is 1. The zero-order valence-electron chi connectivity index (χ0n) is 13.6.